The molecule has 1 aromatic carbocycles. The number of rotatable bonds is 5. The third kappa shape index (κ3) is 5.15. The van der Waals surface area contributed by atoms with Gasteiger partial charge in [0.2, 0.25) is 15.9 Å². The number of nitrogens with zero attached hydrogens (tertiary/aromatic N) is 3. The van der Waals surface area contributed by atoms with Crippen LogP contribution in [0.2, 0.25) is 0 Å². The van der Waals surface area contributed by atoms with Gasteiger partial charge in [-0.2, -0.15) is 0 Å². The molecule has 2 aliphatic heterocycles. The summed E-state index contributed by atoms with van der Waals surface area (Å²) in [6.07, 6.45) is 6.79. The number of sulfonamides is 1. The number of anilines is 2. The first kappa shape index (κ1) is 20.0. The Hall–Kier alpha value is -1.76. The van der Waals surface area contributed by atoms with E-state index < -0.39 is 10.0 Å². The lowest BCUT2D eigenvalue weighted by Crippen LogP contribution is -2.45. The standard InChI is InChI=1S/C20H31N3O3S/c1-17-10-14-22(15-11-17)20(24)16-23(27(2,25)26)19-8-6-18(7-9-19)21-12-4-3-5-13-21/h6-9,17H,3-5,10-16H2,1-2H3. The molecule has 0 aliphatic carbocycles. The normalized spacial score (nSPS) is 19.2. The van der Waals surface area contributed by atoms with E-state index in [1.807, 2.05) is 24.3 Å². The number of carbonyl (C=O) groups excluding carboxylic acids is 1. The van der Waals surface area contributed by atoms with Crippen molar-refractivity contribution in [2.75, 3.05) is 48.2 Å². The van der Waals surface area contributed by atoms with Crippen molar-refractivity contribution < 1.29 is 13.2 Å². The second-order valence-electron chi connectivity index (χ2n) is 7.90. The summed E-state index contributed by atoms with van der Waals surface area (Å²) in [5, 5.41) is 0. The average Bonchev–Trinajstić information content (AvgIpc) is 2.66. The number of hydrogen-bond acceptors (Lipinski definition) is 4. The van der Waals surface area contributed by atoms with Crippen LogP contribution in [-0.2, 0) is 14.8 Å². The predicted octanol–water partition coefficient (Wildman–Crippen LogP) is 2.70. The van der Waals surface area contributed by atoms with Crippen molar-refractivity contribution in [3.63, 3.8) is 0 Å². The fourth-order valence-corrected chi connectivity index (χ4v) is 4.71. The highest BCUT2D eigenvalue weighted by molar-refractivity contribution is 7.92. The highest BCUT2D eigenvalue weighted by Crippen LogP contribution is 2.25. The van der Waals surface area contributed by atoms with E-state index in [1.54, 1.807) is 4.90 Å². The molecule has 1 aromatic rings. The van der Waals surface area contributed by atoms with Crippen LogP contribution in [0, 0.1) is 5.92 Å². The molecule has 0 spiro atoms. The van der Waals surface area contributed by atoms with Gasteiger partial charge < -0.3 is 9.80 Å². The maximum absolute atomic E-state index is 12.7. The number of amides is 1. The van der Waals surface area contributed by atoms with Gasteiger partial charge in [-0.25, -0.2) is 8.42 Å². The maximum atomic E-state index is 12.7. The largest absolute Gasteiger partial charge is 0.372 e. The number of likely N-dealkylation sites (tertiary alicyclic amines) is 1. The van der Waals surface area contributed by atoms with Crippen LogP contribution in [0.5, 0.6) is 0 Å². The zero-order valence-electron chi connectivity index (χ0n) is 16.4. The second-order valence-corrected chi connectivity index (χ2v) is 9.80. The number of piperidine rings is 2. The van der Waals surface area contributed by atoms with Crippen molar-refractivity contribution in [3.05, 3.63) is 24.3 Å². The summed E-state index contributed by atoms with van der Waals surface area (Å²) in [5.74, 6) is 0.509. The molecule has 2 fully saturated rings. The van der Waals surface area contributed by atoms with Crippen molar-refractivity contribution in [1.82, 2.24) is 4.90 Å². The van der Waals surface area contributed by atoms with Gasteiger partial charge >= 0.3 is 0 Å². The third-order valence-electron chi connectivity index (χ3n) is 5.67. The first-order valence-electron chi connectivity index (χ1n) is 9.95. The molecule has 7 heteroatoms. The van der Waals surface area contributed by atoms with E-state index in [2.05, 4.69) is 11.8 Å². The summed E-state index contributed by atoms with van der Waals surface area (Å²) in [6, 6.07) is 7.56. The molecule has 6 nitrogen and oxygen atoms in total. The van der Waals surface area contributed by atoms with Gasteiger partial charge in [0, 0.05) is 31.9 Å². The molecule has 0 N–H and O–H groups in total. The van der Waals surface area contributed by atoms with E-state index >= 15 is 0 Å². The Balaban J connectivity index is 1.72. The first-order chi connectivity index (χ1) is 12.8. The van der Waals surface area contributed by atoms with Crippen LogP contribution in [-0.4, -0.2) is 58.2 Å². The predicted molar refractivity (Wildman–Crippen MR) is 110 cm³/mol. The molecule has 0 atom stereocenters. The second kappa shape index (κ2) is 8.50. The highest BCUT2D eigenvalue weighted by atomic mass is 32.2. The Morgan fingerprint density at radius 2 is 1.63 bits per heavy atom. The van der Waals surface area contributed by atoms with Crippen LogP contribution in [0.4, 0.5) is 11.4 Å². The van der Waals surface area contributed by atoms with Crippen LogP contribution in [0.3, 0.4) is 0 Å². The Morgan fingerprint density at radius 1 is 1.04 bits per heavy atom. The Kier molecular flexibility index (Phi) is 6.29. The monoisotopic (exact) mass is 393 g/mol. The van der Waals surface area contributed by atoms with E-state index in [1.165, 1.54) is 23.6 Å². The fourth-order valence-electron chi connectivity index (χ4n) is 3.86. The average molecular weight is 394 g/mol. The van der Waals surface area contributed by atoms with Crippen molar-refractivity contribution in [1.29, 1.82) is 0 Å². The lowest BCUT2D eigenvalue weighted by atomic mass is 9.99. The SMILES string of the molecule is CC1CCN(C(=O)CN(c2ccc(N3CCCCC3)cc2)S(C)(=O)=O)CC1. The molecule has 0 unspecified atom stereocenters. The van der Waals surface area contributed by atoms with Crippen LogP contribution >= 0.6 is 0 Å². The topological polar surface area (TPSA) is 60.9 Å². The molecule has 0 radical (unpaired) electrons. The fraction of sp³-hybridized carbons (Fsp3) is 0.650. The molecular formula is C20H31N3O3S. The van der Waals surface area contributed by atoms with Gasteiger partial charge in [0.25, 0.3) is 0 Å². The van der Waals surface area contributed by atoms with Gasteiger partial charge in [0.15, 0.2) is 0 Å². The molecule has 27 heavy (non-hydrogen) atoms. The molecule has 2 saturated heterocycles. The molecule has 2 heterocycles. The molecule has 0 saturated carbocycles. The number of carbonyl (C=O) groups is 1. The Labute approximate surface area is 163 Å². The van der Waals surface area contributed by atoms with E-state index in [0.29, 0.717) is 24.7 Å². The molecule has 1 amide bonds. The molecular weight excluding hydrogens is 362 g/mol. The van der Waals surface area contributed by atoms with E-state index in [-0.39, 0.29) is 12.5 Å². The Morgan fingerprint density at radius 3 is 2.19 bits per heavy atom. The molecule has 0 bridgehead atoms. The van der Waals surface area contributed by atoms with Crippen LogP contribution in [0.25, 0.3) is 0 Å². The van der Waals surface area contributed by atoms with Gasteiger partial charge in [-0.15, -0.1) is 0 Å². The van der Waals surface area contributed by atoms with Gasteiger partial charge in [0.05, 0.1) is 11.9 Å². The maximum Gasteiger partial charge on any atom is 0.243 e. The van der Waals surface area contributed by atoms with Gasteiger partial charge in [-0.3, -0.25) is 9.10 Å². The molecule has 3 rings (SSSR count). The summed E-state index contributed by atoms with van der Waals surface area (Å²) in [5.41, 5.74) is 1.67. The minimum Gasteiger partial charge on any atom is -0.372 e. The summed E-state index contributed by atoms with van der Waals surface area (Å²) in [4.78, 5) is 16.8. The summed E-state index contributed by atoms with van der Waals surface area (Å²) < 4.78 is 25.9. The minimum atomic E-state index is -3.53. The summed E-state index contributed by atoms with van der Waals surface area (Å²) in [7, 11) is -3.53. The zero-order valence-corrected chi connectivity index (χ0v) is 17.2. The number of benzene rings is 1. The lowest BCUT2D eigenvalue weighted by molar-refractivity contribution is -0.130. The van der Waals surface area contributed by atoms with Crippen molar-refractivity contribution in [2.45, 2.75) is 39.0 Å². The third-order valence-corrected chi connectivity index (χ3v) is 6.82. The first-order valence-corrected chi connectivity index (χ1v) is 11.8. The molecule has 2 aliphatic rings. The quantitative estimate of drug-likeness (QED) is 0.772. The minimum absolute atomic E-state index is 0.118. The molecule has 0 aromatic heterocycles. The van der Waals surface area contributed by atoms with E-state index in [4.69, 9.17) is 0 Å². The summed E-state index contributed by atoms with van der Waals surface area (Å²) in [6.45, 7) is 5.57. The van der Waals surface area contributed by atoms with Crippen molar-refractivity contribution >= 4 is 27.3 Å². The lowest BCUT2D eigenvalue weighted by Gasteiger charge is -2.32. The van der Waals surface area contributed by atoms with Crippen LogP contribution < -0.4 is 9.21 Å². The molecule has 150 valence electrons. The van der Waals surface area contributed by atoms with Crippen LogP contribution in [0.1, 0.15) is 39.0 Å². The Bertz CT molecular complexity index is 734. The zero-order chi connectivity index (χ0) is 19.4. The van der Waals surface area contributed by atoms with Crippen molar-refractivity contribution in [2.24, 2.45) is 5.92 Å². The van der Waals surface area contributed by atoms with Crippen molar-refractivity contribution in [3.8, 4) is 0 Å². The van der Waals surface area contributed by atoms with Gasteiger partial charge in [-0.1, -0.05) is 6.92 Å². The van der Waals surface area contributed by atoms with Gasteiger partial charge in [0.1, 0.15) is 6.54 Å². The summed E-state index contributed by atoms with van der Waals surface area (Å²) >= 11 is 0. The van der Waals surface area contributed by atoms with E-state index in [9.17, 15) is 13.2 Å². The van der Waals surface area contributed by atoms with E-state index in [0.717, 1.165) is 37.9 Å². The number of hydrogen-bond donors (Lipinski definition) is 0. The van der Waals surface area contributed by atoms with Crippen LogP contribution in [0.15, 0.2) is 24.3 Å². The smallest absolute Gasteiger partial charge is 0.243 e. The van der Waals surface area contributed by atoms with Gasteiger partial charge in [-0.05, 0) is 62.3 Å². The highest BCUT2D eigenvalue weighted by Gasteiger charge is 2.26.